The van der Waals surface area contributed by atoms with Crippen molar-refractivity contribution in [2.75, 3.05) is 0 Å². The lowest BCUT2D eigenvalue weighted by Crippen LogP contribution is -1.99. The number of fused-ring (bicyclic) bond motifs is 1. The molecule has 6 nitrogen and oxygen atoms in total. The molecule has 0 aliphatic rings. The molecule has 2 heterocycles. The first-order chi connectivity index (χ1) is 13.3. The Labute approximate surface area is 154 Å². The van der Waals surface area contributed by atoms with Crippen molar-refractivity contribution in [3.05, 3.63) is 85.1 Å². The van der Waals surface area contributed by atoms with Crippen molar-refractivity contribution in [3.63, 3.8) is 0 Å². The fourth-order valence-corrected chi connectivity index (χ4v) is 3.19. The van der Waals surface area contributed by atoms with E-state index in [2.05, 4.69) is 15.4 Å². The van der Waals surface area contributed by atoms with Gasteiger partial charge in [-0.3, -0.25) is 0 Å². The van der Waals surface area contributed by atoms with Crippen LogP contribution < -0.4 is 0 Å². The normalized spacial score (nSPS) is 11.1. The zero-order chi connectivity index (χ0) is 18.2. The maximum absolute atomic E-state index is 9.78. The van der Waals surface area contributed by atoms with E-state index in [1.165, 1.54) is 0 Å². The predicted molar refractivity (Wildman–Crippen MR) is 103 cm³/mol. The summed E-state index contributed by atoms with van der Waals surface area (Å²) >= 11 is 0. The Kier molecular flexibility index (Phi) is 3.47. The van der Waals surface area contributed by atoms with Gasteiger partial charge in [0, 0.05) is 11.6 Å². The first kappa shape index (κ1) is 15.3. The molecule has 0 radical (unpaired) electrons. The van der Waals surface area contributed by atoms with Crippen LogP contribution in [-0.4, -0.2) is 29.9 Å². The average Bonchev–Trinajstić information content (AvgIpc) is 3.35. The SMILES string of the molecule is Oc1cccc(-n2nnc3ccc(-c4ccnn4-c4ccccc4)cc32)c1. The lowest BCUT2D eigenvalue weighted by Gasteiger charge is -2.08. The molecule has 0 saturated heterocycles. The van der Waals surface area contributed by atoms with Gasteiger partial charge >= 0.3 is 0 Å². The van der Waals surface area contributed by atoms with Gasteiger partial charge in [0.25, 0.3) is 0 Å². The summed E-state index contributed by atoms with van der Waals surface area (Å²) in [6, 6.07) is 24.9. The van der Waals surface area contributed by atoms with Crippen LogP contribution in [0.15, 0.2) is 85.1 Å². The van der Waals surface area contributed by atoms with Gasteiger partial charge in [0.1, 0.15) is 11.3 Å². The Bertz CT molecular complexity index is 1240. The van der Waals surface area contributed by atoms with Crippen LogP contribution in [0.4, 0.5) is 0 Å². The van der Waals surface area contributed by atoms with Gasteiger partial charge in [-0.2, -0.15) is 5.10 Å². The quantitative estimate of drug-likeness (QED) is 0.533. The molecular formula is C21H15N5O. The van der Waals surface area contributed by atoms with Gasteiger partial charge in [-0.05, 0) is 42.5 Å². The van der Waals surface area contributed by atoms with Gasteiger partial charge in [0.2, 0.25) is 0 Å². The summed E-state index contributed by atoms with van der Waals surface area (Å²) in [5, 5.41) is 22.7. The standard InChI is InChI=1S/C21H15N5O/c27-18-8-4-7-17(14-18)26-21-13-15(9-10-19(21)23-24-26)20-11-12-22-25(20)16-5-2-1-3-6-16/h1-14,27H. The van der Waals surface area contributed by atoms with Gasteiger partial charge in [-0.15, -0.1) is 5.10 Å². The number of benzene rings is 3. The van der Waals surface area contributed by atoms with Crippen molar-refractivity contribution in [2.24, 2.45) is 0 Å². The minimum atomic E-state index is 0.189. The monoisotopic (exact) mass is 353 g/mol. The van der Waals surface area contributed by atoms with Crippen LogP contribution in [-0.2, 0) is 0 Å². The van der Waals surface area contributed by atoms with E-state index < -0.39 is 0 Å². The molecule has 5 aromatic rings. The Balaban J connectivity index is 1.67. The summed E-state index contributed by atoms with van der Waals surface area (Å²) in [6.07, 6.45) is 1.79. The molecule has 0 saturated carbocycles. The van der Waals surface area contributed by atoms with Crippen LogP contribution in [0.3, 0.4) is 0 Å². The van der Waals surface area contributed by atoms with Crippen LogP contribution in [0.2, 0.25) is 0 Å². The third-order valence-electron chi connectivity index (χ3n) is 4.46. The molecule has 0 atom stereocenters. The largest absolute Gasteiger partial charge is 0.508 e. The Morgan fingerprint density at radius 2 is 1.59 bits per heavy atom. The molecule has 27 heavy (non-hydrogen) atoms. The minimum absolute atomic E-state index is 0.189. The number of nitrogens with zero attached hydrogens (tertiary/aromatic N) is 5. The first-order valence-corrected chi connectivity index (χ1v) is 8.54. The predicted octanol–water partition coefficient (Wildman–Crippen LogP) is 3.98. The third kappa shape index (κ3) is 2.64. The van der Waals surface area contributed by atoms with Gasteiger partial charge < -0.3 is 5.11 Å². The molecule has 0 unspecified atom stereocenters. The molecule has 2 aromatic heterocycles. The second-order valence-electron chi connectivity index (χ2n) is 6.19. The van der Waals surface area contributed by atoms with E-state index in [9.17, 15) is 5.11 Å². The summed E-state index contributed by atoms with van der Waals surface area (Å²) in [5.41, 5.74) is 5.38. The Hall–Kier alpha value is -3.93. The van der Waals surface area contributed by atoms with E-state index in [0.29, 0.717) is 0 Å². The number of rotatable bonds is 3. The molecule has 5 rings (SSSR count). The fourth-order valence-electron chi connectivity index (χ4n) is 3.19. The molecular weight excluding hydrogens is 338 g/mol. The molecule has 0 amide bonds. The average molecular weight is 353 g/mol. The number of aromatic hydroxyl groups is 1. The summed E-state index contributed by atoms with van der Waals surface area (Å²) < 4.78 is 3.63. The summed E-state index contributed by atoms with van der Waals surface area (Å²) in [6.45, 7) is 0. The Morgan fingerprint density at radius 1 is 0.741 bits per heavy atom. The first-order valence-electron chi connectivity index (χ1n) is 8.54. The van der Waals surface area contributed by atoms with Crippen molar-refractivity contribution in [1.82, 2.24) is 24.8 Å². The number of hydrogen-bond donors (Lipinski definition) is 1. The highest BCUT2D eigenvalue weighted by molar-refractivity contribution is 5.82. The second kappa shape index (κ2) is 6.10. The van der Waals surface area contributed by atoms with Gasteiger partial charge in [-0.25, -0.2) is 9.36 Å². The number of hydrogen-bond acceptors (Lipinski definition) is 4. The van der Waals surface area contributed by atoms with E-state index in [1.54, 1.807) is 29.1 Å². The zero-order valence-corrected chi connectivity index (χ0v) is 14.3. The highest BCUT2D eigenvalue weighted by Crippen LogP contribution is 2.27. The number of phenols is 1. The molecule has 0 spiro atoms. The number of para-hydroxylation sites is 1. The topological polar surface area (TPSA) is 68.8 Å². The van der Waals surface area contributed by atoms with E-state index in [0.717, 1.165) is 33.7 Å². The molecule has 3 aromatic carbocycles. The van der Waals surface area contributed by atoms with Crippen LogP contribution in [0.1, 0.15) is 0 Å². The van der Waals surface area contributed by atoms with E-state index >= 15 is 0 Å². The molecule has 0 aliphatic carbocycles. The van der Waals surface area contributed by atoms with E-state index in [1.807, 2.05) is 65.3 Å². The molecule has 6 heteroatoms. The van der Waals surface area contributed by atoms with Crippen LogP contribution in [0, 0.1) is 0 Å². The summed E-state index contributed by atoms with van der Waals surface area (Å²) in [7, 11) is 0. The molecule has 0 bridgehead atoms. The maximum atomic E-state index is 9.78. The summed E-state index contributed by atoms with van der Waals surface area (Å²) in [4.78, 5) is 0. The van der Waals surface area contributed by atoms with E-state index in [-0.39, 0.29) is 5.75 Å². The molecule has 1 N–H and O–H groups in total. The third-order valence-corrected chi connectivity index (χ3v) is 4.46. The lowest BCUT2D eigenvalue weighted by molar-refractivity contribution is 0.475. The minimum Gasteiger partial charge on any atom is -0.508 e. The van der Waals surface area contributed by atoms with Crippen LogP contribution in [0.5, 0.6) is 5.75 Å². The molecule has 130 valence electrons. The highest BCUT2D eigenvalue weighted by atomic mass is 16.3. The van der Waals surface area contributed by atoms with Crippen molar-refractivity contribution in [1.29, 1.82) is 0 Å². The van der Waals surface area contributed by atoms with Gasteiger partial charge in [0.05, 0.1) is 28.8 Å². The number of aromatic nitrogens is 5. The maximum Gasteiger partial charge on any atom is 0.117 e. The van der Waals surface area contributed by atoms with Crippen molar-refractivity contribution >= 4 is 11.0 Å². The molecule has 0 aliphatic heterocycles. The fraction of sp³-hybridized carbons (Fsp3) is 0. The smallest absolute Gasteiger partial charge is 0.117 e. The zero-order valence-electron chi connectivity index (χ0n) is 14.3. The van der Waals surface area contributed by atoms with Crippen molar-refractivity contribution < 1.29 is 5.11 Å². The van der Waals surface area contributed by atoms with Gasteiger partial charge in [-0.1, -0.05) is 35.5 Å². The van der Waals surface area contributed by atoms with Crippen molar-refractivity contribution in [3.8, 4) is 28.4 Å². The highest BCUT2D eigenvalue weighted by Gasteiger charge is 2.12. The van der Waals surface area contributed by atoms with E-state index in [4.69, 9.17) is 0 Å². The second-order valence-corrected chi connectivity index (χ2v) is 6.19. The summed E-state index contributed by atoms with van der Waals surface area (Å²) in [5.74, 6) is 0.189. The Morgan fingerprint density at radius 3 is 2.44 bits per heavy atom. The molecule has 0 fully saturated rings. The number of phenolic OH excluding ortho intramolecular Hbond substituents is 1. The van der Waals surface area contributed by atoms with Gasteiger partial charge in [0.15, 0.2) is 0 Å². The van der Waals surface area contributed by atoms with Crippen LogP contribution in [0.25, 0.3) is 33.7 Å². The van der Waals surface area contributed by atoms with Crippen molar-refractivity contribution in [2.45, 2.75) is 0 Å². The van der Waals surface area contributed by atoms with Crippen LogP contribution >= 0.6 is 0 Å². The lowest BCUT2D eigenvalue weighted by atomic mass is 10.1.